The minimum atomic E-state index is 0.182. The van der Waals surface area contributed by atoms with Crippen molar-refractivity contribution in [2.24, 2.45) is 7.05 Å². The van der Waals surface area contributed by atoms with Crippen LogP contribution in [0.1, 0.15) is 5.56 Å². The number of aromatic nitrogens is 5. The van der Waals surface area contributed by atoms with Crippen molar-refractivity contribution in [2.45, 2.75) is 6.54 Å². The first-order valence-corrected chi connectivity index (χ1v) is 9.64. The Balaban J connectivity index is 1.65. The van der Waals surface area contributed by atoms with Gasteiger partial charge in [0.05, 0.1) is 22.6 Å². The summed E-state index contributed by atoms with van der Waals surface area (Å²) in [4.78, 5) is 0. The van der Waals surface area contributed by atoms with Crippen LogP contribution in [0.5, 0.6) is 5.75 Å². The standard InChI is InChI=1S/C23H20N6O/c1-28-21(10-11-25-28)17-12-20(24-15-16-6-3-2-4-7-16)23-22(13-17)29(27-26-23)18-8-5-9-19(30)14-18/h2-14,24,30H,15H2,1H3. The minimum Gasteiger partial charge on any atom is -0.508 e. The second-order valence-corrected chi connectivity index (χ2v) is 7.09. The van der Waals surface area contributed by atoms with Crippen LogP contribution >= 0.6 is 0 Å². The van der Waals surface area contributed by atoms with Gasteiger partial charge in [0.2, 0.25) is 0 Å². The molecule has 0 aliphatic carbocycles. The number of fused-ring (bicyclic) bond motifs is 1. The monoisotopic (exact) mass is 396 g/mol. The molecule has 0 aliphatic rings. The lowest BCUT2D eigenvalue weighted by atomic mass is 10.1. The molecule has 5 aromatic rings. The lowest BCUT2D eigenvalue weighted by molar-refractivity contribution is 0.475. The second-order valence-electron chi connectivity index (χ2n) is 7.09. The van der Waals surface area contributed by atoms with Crippen LogP contribution in [0, 0.1) is 0 Å². The third kappa shape index (κ3) is 3.26. The summed E-state index contributed by atoms with van der Waals surface area (Å²) in [5.74, 6) is 0.182. The first-order chi connectivity index (χ1) is 14.7. The predicted molar refractivity (Wildman–Crippen MR) is 117 cm³/mol. The third-order valence-corrected chi connectivity index (χ3v) is 5.07. The molecule has 0 radical (unpaired) electrons. The van der Waals surface area contributed by atoms with Crippen molar-refractivity contribution in [3.63, 3.8) is 0 Å². The zero-order valence-electron chi connectivity index (χ0n) is 16.4. The molecule has 0 aliphatic heterocycles. The smallest absolute Gasteiger partial charge is 0.136 e. The molecule has 0 bridgehead atoms. The molecule has 0 amide bonds. The van der Waals surface area contributed by atoms with Crippen molar-refractivity contribution in [2.75, 3.05) is 5.32 Å². The van der Waals surface area contributed by atoms with Gasteiger partial charge in [-0.2, -0.15) is 5.10 Å². The minimum absolute atomic E-state index is 0.182. The van der Waals surface area contributed by atoms with Gasteiger partial charge in [-0.05, 0) is 35.9 Å². The maximum atomic E-state index is 9.90. The summed E-state index contributed by atoms with van der Waals surface area (Å²) in [6.07, 6.45) is 1.78. The average Bonchev–Trinajstić information content (AvgIpc) is 3.39. The summed E-state index contributed by atoms with van der Waals surface area (Å²) in [5.41, 5.74) is 6.41. The molecular formula is C23H20N6O. The quantitative estimate of drug-likeness (QED) is 0.467. The van der Waals surface area contributed by atoms with Crippen molar-refractivity contribution >= 4 is 16.7 Å². The molecule has 0 unspecified atom stereocenters. The molecule has 0 saturated carbocycles. The van der Waals surface area contributed by atoms with Crippen LogP contribution in [0.3, 0.4) is 0 Å². The largest absolute Gasteiger partial charge is 0.508 e. The molecule has 7 nitrogen and oxygen atoms in total. The topological polar surface area (TPSA) is 80.8 Å². The molecule has 0 spiro atoms. The number of aromatic hydroxyl groups is 1. The van der Waals surface area contributed by atoms with E-state index in [0.29, 0.717) is 6.54 Å². The normalized spacial score (nSPS) is 11.1. The average molecular weight is 396 g/mol. The Morgan fingerprint density at radius 2 is 1.83 bits per heavy atom. The number of nitrogens with one attached hydrogen (secondary N) is 1. The van der Waals surface area contributed by atoms with Gasteiger partial charge in [0.25, 0.3) is 0 Å². The highest BCUT2D eigenvalue weighted by molar-refractivity contribution is 5.93. The highest BCUT2D eigenvalue weighted by Gasteiger charge is 2.15. The van der Waals surface area contributed by atoms with E-state index in [4.69, 9.17) is 0 Å². The molecule has 2 N–H and O–H groups in total. The van der Waals surface area contributed by atoms with Gasteiger partial charge in [-0.15, -0.1) is 5.10 Å². The van der Waals surface area contributed by atoms with Crippen molar-refractivity contribution < 1.29 is 5.11 Å². The Kier molecular flexibility index (Phi) is 4.40. The Morgan fingerprint density at radius 3 is 2.60 bits per heavy atom. The van der Waals surface area contributed by atoms with Gasteiger partial charge in [0.1, 0.15) is 11.3 Å². The van der Waals surface area contributed by atoms with Gasteiger partial charge in [-0.3, -0.25) is 4.68 Å². The van der Waals surface area contributed by atoms with Crippen LogP contribution in [0.2, 0.25) is 0 Å². The molecule has 7 heteroatoms. The zero-order valence-corrected chi connectivity index (χ0v) is 16.4. The van der Waals surface area contributed by atoms with Crippen LogP contribution in [-0.4, -0.2) is 29.9 Å². The second kappa shape index (κ2) is 7.36. The summed E-state index contributed by atoms with van der Waals surface area (Å²) in [5, 5.41) is 26.5. The van der Waals surface area contributed by atoms with Gasteiger partial charge in [-0.25, -0.2) is 4.68 Å². The summed E-state index contributed by atoms with van der Waals surface area (Å²) >= 11 is 0. The zero-order chi connectivity index (χ0) is 20.5. The van der Waals surface area contributed by atoms with E-state index in [2.05, 4.69) is 38.9 Å². The van der Waals surface area contributed by atoms with Gasteiger partial charge in [0, 0.05) is 31.4 Å². The van der Waals surface area contributed by atoms with Crippen LogP contribution < -0.4 is 5.32 Å². The Morgan fingerprint density at radius 1 is 0.967 bits per heavy atom. The lowest BCUT2D eigenvalue weighted by Crippen LogP contribution is -2.02. The fourth-order valence-electron chi connectivity index (χ4n) is 3.57. The van der Waals surface area contributed by atoms with Crippen LogP contribution in [0.4, 0.5) is 5.69 Å². The fraction of sp³-hybridized carbons (Fsp3) is 0.0870. The highest BCUT2D eigenvalue weighted by Crippen LogP contribution is 2.31. The van der Waals surface area contributed by atoms with Crippen molar-refractivity contribution in [1.82, 2.24) is 24.8 Å². The number of nitrogens with zero attached hydrogens (tertiary/aromatic N) is 5. The molecular weight excluding hydrogens is 376 g/mol. The van der Waals surface area contributed by atoms with E-state index in [1.54, 1.807) is 29.1 Å². The summed E-state index contributed by atoms with van der Waals surface area (Å²) in [7, 11) is 1.92. The number of hydrogen-bond acceptors (Lipinski definition) is 5. The molecule has 0 fully saturated rings. The van der Waals surface area contributed by atoms with Crippen LogP contribution in [0.15, 0.2) is 79.0 Å². The van der Waals surface area contributed by atoms with Gasteiger partial charge in [0.15, 0.2) is 0 Å². The SMILES string of the molecule is Cn1nccc1-c1cc(NCc2ccccc2)c2nnn(-c3cccc(O)c3)c2c1. The Hall–Kier alpha value is -4.13. The number of benzene rings is 3. The molecule has 0 saturated heterocycles. The Bertz CT molecular complexity index is 1320. The van der Waals surface area contributed by atoms with Crippen LogP contribution in [0.25, 0.3) is 28.0 Å². The van der Waals surface area contributed by atoms with E-state index in [1.807, 2.05) is 48.1 Å². The number of rotatable bonds is 5. The molecule has 0 atom stereocenters. The number of aryl methyl sites for hydroxylation is 1. The first kappa shape index (κ1) is 17.9. The predicted octanol–water partition coefficient (Wildman–Crippen LogP) is 4.14. The van der Waals surface area contributed by atoms with E-state index >= 15 is 0 Å². The third-order valence-electron chi connectivity index (χ3n) is 5.07. The molecule has 3 aromatic carbocycles. The molecule has 30 heavy (non-hydrogen) atoms. The first-order valence-electron chi connectivity index (χ1n) is 9.64. The molecule has 148 valence electrons. The molecule has 2 aromatic heterocycles. The maximum absolute atomic E-state index is 9.90. The number of phenols is 1. The molecule has 5 rings (SSSR count). The summed E-state index contributed by atoms with van der Waals surface area (Å²) in [6.45, 7) is 0.670. The van der Waals surface area contributed by atoms with E-state index < -0.39 is 0 Å². The van der Waals surface area contributed by atoms with E-state index in [1.165, 1.54) is 5.56 Å². The maximum Gasteiger partial charge on any atom is 0.136 e. The van der Waals surface area contributed by atoms with Crippen molar-refractivity contribution in [1.29, 1.82) is 0 Å². The van der Waals surface area contributed by atoms with Crippen LogP contribution in [-0.2, 0) is 13.6 Å². The van der Waals surface area contributed by atoms with Crippen molar-refractivity contribution in [3.8, 4) is 22.7 Å². The van der Waals surface area contributed by atoms with E-state index in [-0.39, 0.29) is 5.75 Å². The fourth-order valence-corrected chi connectivity index (χ4v) is 3.57. The van der Waals surface area contributed by atoms with Crippen molar-refractivity contribution in [3.05, 3.63) is 84.6 Å². The van der Waals surface area contributed by atoms with E-state index in [0.717, 1.165) is 33.7 Å². The van der Waals surface area contributed by atoms with Gasteiger partial charge < -0.3 is 10.4 Å². The summed E-state index contributed by atoms with van der Waals surface area (Å²) < 4.78 is 3.58. The number of phenolic OH excluding ortho intramolecular Hbond substituents is 1. The number of anilines is 1. The van der Waals surface area contributed by atoms with Gasteiger partial charge >= 0.3 is 0 Å². The summed E-state index contributed by atoms with van der Waals surface area (Å²) in [6, 6.07) is 23.3. The van der Waals surface area contributed by atoms with Gasteiger partial charge in [-0.1, -0.05) is 41.6 Å². The van der Waals surface area contributed by atoms with E-state index in [9.17, 15) is 5.11 Å². The number of hydrogen-bond donors (Lipinski definition) is 2. The molecule has 2 heterocycles. The highest BCUT2D eigenvalue weighted by atomic mass is 16.3. The lowest BCUT2D eigenvalue weighted by Gasteiger charge is -2.11. The Labute approximate surface area is 173 Å².